The number of carbonyl (C=O) groups is 1. The first-order valence-corrected chi connectivity index (χ1v) is 4.14. The summed E-state index contributed by atoms with van der Waals surface area (Å²) in [5.74, 6) is 0.0104. The van der Waals surface area contributed by atoms with Gasteiger partial charge in [-0.2, -0.15) is 0 Å². The molecule has 0 saturated heterocycles. The van der Waals surface area contributed by atoms with Gasteiger partial charge in [0, 0.05) is 13.1 Å². The minimum Gasteiger partial charge on any atom is -0.295 e. The monoisotopic (exact) mass is 183 g/mol. The predicted molar refractivity (Wildman–Crippen MR) is 57.0 cm³/mol. The molecule has 0 aliphatic heterocycles. The Morgan fingerprint density at radius 3 is 2.31 bits per heavy atom. The van der Waals surface area contributed by atoms with Crippen molar-refractivity contribution >= 4 is 18.6 Å². The molecule has 0 aliphatic rings. The molecule has 74 valence electrons. The fraction of sp³-hybridized carbons (Fsp3) is 0.444. The van der Waals surface area contributed by atoms with Crippen LogP contribution < -0.4 is 5.32 Å². The highest BCUT2D eigenvalue weighted by Crippen LogP contribution is 1.78. The number of rotatable bonds is 1. The van der Waals surface area contributed by atoms with Crippen molar-refractivity contribution in [2.75, 3.05) is 0 Å². The Hall–Kier alpha value is -1.45. The smallest absolute Gasteiger partial charge is 0.228 e. The van der Waals surface area contributed by atoms with Crippen LogP contribution in [0.15, 0.2) is 22.3 Å². The molecule has 13 heavy (non-hydrogen) atoms. The first-order chi connectivity index (χ1) is 6.20. The van der Waals surface area contributed by atoms with Gasteiger partial charge in [0.1, 0.15) is 0 Å². The zero-order valence-corrected chi connectivity index (χ0v) is 8.66. The molecule has 0 aliphatic carbocycles. The van der Waals surface area contributed by atoms with Crippen molar-refractivity contribution in [1.82, 2.24) is 5.32 Å². The summed E-state index contributed by atoms with van der Waals surface area (Å²) in [5.41, 5.74) is 0. The lowest BCUT2D eigenvalue weighted by molar-refractivity contribution is -0.117. The lowest BCUT2D eigenvalue weighted by Gasteiger charge is -1.96. The van der Waals surface area contributed by atoms with Gasteiger partial charge in [-0.1, -0.05) is 19.9 Å². The summed E-state index contributed by atoms with van der Waals surface area (Å²) < 4.78 is 0. The highest BCUT2D eigenvalue weighted by atomic mass is 16.1. The van der Waals surface area contributed by atoms with Crippen LogP contribution in [0.25, 0.3) is 0 Å². The molecular formula is C9H17N3O. The van der Waals surface area contributed by atoms with Crippen LogP contribution in [0.5, 0.6) is 0 Å². The van der Waals surface area contributed by atoms with E-state index in [1.54, 1.807) is 6.08 Å². The molecule has 0 aromatic heterocycles. The van der Waals surface area contributed by atoms with Gasteiger partial charge in [-0.15, -0.1) is 0 Å². The Labute approximate surface area is 79.5 Å². The zero-order chi connectivity index (χ0) is 10.7. The first-order valence-electron chi connectivity index (χ1n) is 4.14. The fourth-order valence-electron chi connectivity index (χ4n) is 0.415. The third kappa shape index (κ3) is 10.6. The largest absolute Gasteiger partial charge is 0.295 e. The van der Waals surface area contributed by atoms with E-state index in [0.29, 0.717) is 0 Å². The van der Waals surface area contributed by atoms with Gasteiger partial charge in [-0.3, -0.25) is 10.1 Å². The molecule has 0 spiro atoms. The van der Waals surface area contributed by atoms with Gasteiger partial charge in [-0.25, -0.2) is 9.98 Å². The summed E-state index contributed by atoms with van der Waals surface area (Å²) in [5, 5.41) is 2.40. The van der Waals surface area contributed by atoms with Crippen molar-refractivity contribution in [2.24, 2.45) is 9.98 Å². The highest BCUT2D eigenvalue weighted by molar-refractivity contribution is 5.98. The van der Waals surface area contributed by atoms with Crippen LogP contribution in [0.2, 0.25) is 0 Å². The Bertz CT molecular complexity index is 207. The highest BCUT2D eigenvalue weighted by Gasteiger charge is 1.94. The molecule has 1 amide bonds. The molecular weight excluding hydrogens is 166 g/mol. The molecule has 0 atom stereocenters. The number of allylic oxidation sites excluding steroid dienone is 1. The SMILES string of the molecule is C=NC(=N/C=C\C)NC(C)=O.CC. The zero-order valence-electron chi connectivity index (χ0n) is 8.66. The van der Waals surface area contributed by atoms with E-state index < -0.39 is 0 Å². The lowest BCUT2D eigenvalue weighted by atomic mass is 10.7. The molecule has 0 aromatic rings. The number of guanidine groups is 1. The van der Waals surface area contributed by atoms with E-state index in [9.17, 15) is 4.79 Å². The third-order valence-corrected chi connectivity index (χ3v) is 0.783. The van der Waals surface area contributed by atoms with Gasteiger partial charge in [0.05, 0.1) is 0 Å². The van der Waals surface area contributed by atoms with Crippen LogP contribution in [0.3, 0.4) is 0 Å². The number of hydrogen-bond acceptors (Lipinski definition) is 2. The van der Waals surface area contributed by atoms with E-state index >= 15 is 0 Å². The molecule has 0 aromatic carbocycles. The standard InChI is InChI=1S/C7H11N3O.C2H6/c1-4-5-9-7(8-3)10-6(2)11;1-2/h4-5H,3H2,1-2H3,(H,9,10,11);1-2H3/b5-4-;. The quantitative estimate of drug-likeness (QED) is 0.488. The van der Waals surface area contributed by atoms with Crippen molar-refractivity contribution in [3.05, 3.63) is 12.3 Å². The van der Waals surface area contributed by atoms with Crippen LogP contribution in [0.1, 0.15) is 27.7 Å². The molecule has 0 radical (unpaired) electrons. The second kappa shape index (κ2) is 10.6. The number of nitrogens with one attached hydrogen (secondary N) is 1. The molecule has 0 rings (SSSR count). The lowest BCUT2D eigenvalue weighted by Crippen LogP contribution is -2.25. The third-order valence-electron chi connectivity index (χ3n) is 0.783. The minimum absolute atomic E-state index is 0.208. The van der Waals surface area contributed by atoms with E-state index in [1.807, 2.05) is 20.8 Å². The topological polar surface area (TPSA) is 53.8 Å². The Kier molecular flexibility index (Phi) is 11.4. The molecule has 4 nitrogen and oxygen atoms in total. The minimum atomic E-state index is -0.208. The molecule has 0 heterocycles. The fourth-order valence-corrected chi connectivity index (χ4v) is 0.415. The second-order valence-electron chi connectivity index (χ2n) is 1.77. The van der Waals surface area contributed by atoms with Crippen molar-refractivity contribution in [2.45, 2.75) is 27.7 Å². The van der Waals surface area contributed by atoms with Gasteiger partial charge >= 0.3 is 0 Å². The number of carbonyl (C=O) groups excluding carboxylic acids is 1. The summed E-state index contributed by atoms with van der Waals surface area (Å²) in [7, 11) is 0. The molecule has 0 saturated carbocycles. The summed E-state index contributed by atoms with van der Waals surface area (Å²) in [6.45, 7) is 10.4. The van der Waals surface area contributed by atoms with Gasteiger partial charge < -0.3 is 0 Å². The van der Waals surface area contributed by atoms with Crippen LogP contribution in [0, 0.1) is 0 Å². The molecule has 0 unspecified atom stereocenters. The number of nitrogens with zero attached hydrogens (tertiary/aromatic N) is 2. The summed E-state index contributed by atoms with van der Waals surface area (Å²) in [6, 6.07) is 0. The van der Waals surface area contributed by atoms with Crippen molar-refractivity contribution in [1.29, 1.82) is 0 Å². The van der Waals surface area contributed by atoms with Crippen molar-refractivity contribution in [3.63, 3.8) is 0 Å². The van der Waals surface area contributed by atoms with E-state index in [2.05, 4.69) is 22.0 Å². The maximum absolute atomic E-state index is 10.5. The Balaban J connectivity index is 0. The average Bonchev–Trinajstić information content (AvgIpc) is 2.15. The number of aliphatic imine (C=N–C) groups is 2. The van der Waals surface area contributed by atoms with Crippen molar-refractivity contribution in [3.8, 4) is 0 Å². The van der Waals surface area contributed by atoms with E-state index in [1.165, 1.54) is 13.1 Å². The molecule has 4 heteroatoms. The van der Waals surface area contributed by atoms with Gasteiger partial charge in [0.25, 0.3) is 0 Å². The first kappa shape index (κ1) is 14.1. The van der Waals surface area contributed by atoms with Gasteiger partial charge in [-0.05, 0) is 13.6 Å². The van der Waals surface area contributed by atoms with Gasteiger partial charge in [0.15, 0.2) is 0 Å². The maximum Gasteiger partial charge on any atom is 0.228 e. The summed E-state index contributed by atoms with van der Waals surface area (Å²) in [6.07, 6.45) is 3.26. The predicted octanol–water partition coefficient (Wildman–Crippen LogP) is 1.74. The average molecular weight is 183 g/mol. The van der Waals surface area contributed by atoms with Crippen LogP contribution in [0.4, 0.5) is 0 Å². The molecule has 0 bridgehead atoms. The van der Waals surface area contributed by atoms with Crippen LogP contribution in [-0.2, 0) is 4.79 Å². The van der Waals surface area contributed by atoms with Crippen LogP contribution >= 0.6 is 0 Å². The molecule has 0 fully saturated rings. The second-order valence-corrected chi connectivity index (χ2v) is 1.77. The Morgan fingerprint density at radius 1 is 1.46 bits per heavy atom. The Morgan fingerprint density at radius 2 is 2.00 bits per heavy atom. The normalized spacial score (nSPS) is 10.3. The summed E-state index contributed by atoms with van der Waals surface area (Å²) in [4.78, 5) is 17.7. The number of hydrogen-bond donors (Lipinski definition) is 1. The van der Waals surface area contributed by atoms with Crippen molar-refractivity contribution < 1.29 is 4.79 Å². The van der Waals surface area contributed by atoms with E-state index in [4.69, 9.17) is 0 Å². The van der Waals surface area contributed by atoms with E-state index in [0.717, 1.165) is 0 Å². The molecule has 1 N–H and O–H groups in total. The van der Waals surface area contributed by atoms with Gasteiger partial charge in [0.2, 0.25) is 11.9 Å². The maximum atomic E-state index is 10.5. The van der Waals surface area contributed by atoms with E-state index in [-0.39, 0.29) is 11.9 Å². The summed E-state index contributed by atoms with van der Waals surface area (Å²) >= 11 is 0. The number of amides is 1. The van der Waals surface area contributed by atoms with Crippen LogP contribution in [-0.4, -0.2) is 18.6 Å².